The van der Waals surface area contributed by atoms with Gasteiger partial charge in [0.2, 0.25) is 0 Å². The third-order valence-corrected chi connectivity index (χ3v) is 3.57. The molecule has 1 heterocycles. The number of nitrogens with two attached hydrogens (primary N) is 1. The van der Waals surface area contributed by atoms with E-state index in [-0.39, 0.29) is 6.04 Å². The maximum Gasteiger partial charge on any atom is 0.138 e. The number of halogens is 1. The van der Waals surface area contributed by atoms with Crippen LogP contribution in [0.5, 0.6) is 11.5 Å². The molecule has 0 radical (unpaired) electrons. The Kier molecular flexibility index (Phi) is 5.59. The van der Waals surface area contributed by atoms with E-state index >= 15 is 0 Å². The molecule has 0 fully saturated rings. The van der Waals surface area contributed by atoms with Crippen LogP contribution in [0.2, 0.25) is 0 Å². The van der Waals surface area contributed by atoms with Gasteiger partial charge in [-0.2, -0.15) is 0 Å². The SMILES string of the molecule is COc1ccc(COc2ccc(CC(C)N)nc2)cc1Br. The van der Waals surface area contributed by atoms with Crippen LogP contribution in [0.3, 0.4) is 0 Å². The Morgan fingerprint density at radius 3 is 2.67 bits per heavy atom. The molecule has 1 aromatic heterocycles. The first-order valence-electron chi connectivity index (χ1n) is 6.74. The van der Waals surface area contributed by atoms with Gasteiger partial charge in [0.05, 0.1) is 17.8 Å². The lowest BCUT2D eigenvalue weighted by Gasteiger charge is -2.09. The van der Waals surface area contributed by atoms with E-state index in [0.717, 1.165) is 33.6 Å². The number of hydrogen-bond donors (Lipinski definition) is 1. The molecule has 0 aliphatic rings. The lowest BCUT2D eigenvalue weighted by atomic mass is 10.2. The van der Waals surface area contributed by atoms with Crippen LogP contribution in [0.4, 0.5) is 0 Å². The number of rotatable bonds is 6. The molecule has 0 spiro atoms. The van der Waals surface area contributed by atoms with Crippen LogP contribution in [0.15, 0.2) is 41.0 Å². The largest absolute Gasteiger partial charge is 0.496 e. The molecule has 0 saturated carbocycles. The van der Waals surface area contributed by atoms with E-state index in [4.69, 9.17) is 15.2 Å². The summed E-state index contributed by atoms with van der Waals surface area (Å²) in [5.41, 5.74) is 7.78. The third kappa shape index (κ3) is 4.72. The molecule has 0 bridgehead atoms. The second kappa shape index (κ2) is 7.43. The monoisotopic (exact) mass is 350 g/mol. The highest BCUT2D eigenvalue weighted by Gasteiger charge is 2.03. The van der Waals surface area contributed by atoms with Gasteiger partial charge in [0.25, 0.3) is 0 Å². The van der Waals surface area contributed by atoms with Crippen molar-refractivity contribution >= 4 is 15.9 Å². The number of ether oxygens (including phenoxy) is 2. The number of pyridine rings is 1. The second-order valence-electron chi connectivity index (χ2n) is 4.92. The molecule has 112 valence electrons. The minimum Gasteiger partial charge on any atom is -0.496 e. The first-order chi connectivity index (χ1) is 10.1. The summed E-state index contributed by atoms with van der Waals surface area (Å²) in [5, 5.41) is 0. The summed E-state index contributed by atoms with van der Waals surface area (Å²) in [7, 11) is 1.64. The Bertz CT molecular complexity index is 585. The van der Waals surface area contributed by atoms with Crippen LogP contribution in [0, 0.1) is 0 Å². The molecular formula is C16H19BrN2O2. The maximum absolute atomic E-state index is 5.75. The Labute approximate surface area is 133 Å². The van der Waals surface area contributed by atoms with Crippen molar-refractivity contribution in [1.82, 2.24) is 4.98 Å². The fourth-order valence-corrected chi connectivity index (χ4v) is 2.50. The first kappa shape index (κ1) is 15.8. The molecule has 2 rings (SSSR count). The smallest absolute Gasteiger partial charge is 0.138 e. The van der Waals surface area contributed by atoms with Gasteiger partial charge in [0.15, 0.2) is 0 Å². The van der Waals surface area contributed by atoms with Crippen LogP contribution in [0.1, 0.15) is 18.2 Å². The Balaban J connectivity index is 1.95. The molecule has 1 atom stereocenters. The van der Waals surface area contributed by atoms with Crippen LogP contribution in [-0.2, 0) is 13.0 Å². The van der Waals surface area contributed by atoms with Gasteiger partial charge >= 0.3 is 0 Å². The normalized spacial score (nSPS) is 12.0. The van der Waals surface area contributed by atoms with Crippen LogP contribution < -0.4 is 15.2 Å². The average molecular weight is 351 g/mol. The van der Waals surface area contributed by atoms with E-state index in [9.17, 15) is 0 Å². The maximum atomic E-state index is 5.75. The summed E-state index contributed by atoms with van der Waals surface area (Å²) in [5.74, 6) is 1.55. The van der Waals surface area contributed by atoms with Gasteiger partial charge in [0.1, 0.15) is 18.1 Å². The zero-order valence-corrected chi connectivity index (χ0v) is 13.8. The molecule has 0 amide bonds. The molecule has 2 aromatic rings. The summed E-state index contributed by atoms with van der Waals surface area (Å²) < 4.78 is 11.8. The van der Waals surface area contributed by atoms with Crippen LogP contribution >= 0.6 is 15.9 Å². The predicted molar refractivity (Wildman–Crippen MR) is 86.6 cm³/mol. The van der Waals surface area contributed by atoms with Gasteiger partial charge in [-0.3, -0.25) is 4.98 Å². The number of nitrogens with zero attached hydrogens (tertiary/aromatic N) is 1. The minimum atomic E-state index is 0.112. The fraction of sp³-hybridized carbons (Fsp3) is 0.312. The van der Waals surface area contributed by atoms with E-state index in [2.05, 4.69) is 20.9 Å². The molecule has 0 aliphatic heterocycles. The van der Waals surface area contributed by atoms with Gasteiger partial charge in [0, 0.05) is 18.2 Å². The van der Waals surface area contributed by atoms with Crippen molar-refractivity contribution in [3.8, 4) is 11.5 Å². The summed E-state index contributed by atoms with van der Waals surface area (Å²) >= 11 is 3.46. The fourth-order valence-electron chi connectivity index (χ4n) is 1.91. The molecule has 21 heavy (non-hydrogen) atoms. The average Bonchev–Trinajstić information content (AvgIpc) is 2.46. The van der Waals surface area contributed by atoms with Crippen LogP contribution in [-0.4, -0.2) is 18.1 Å². The van der Waals surface area contributed by atoms with Gasteiger partial charge < -0.3 is 15.2 Å². The highest BCUT2D eigenvalue weighted by Crippen LogP contribution is 2.26. The van der Waals surface area contributed by atoms with Crippen molar-refractivity contribution in [2.24, 2.45) is 5.73 Å². The molecule has 1 aromatic carbocycles. The molecular weight excluding hydrogens is 332 g/mol. The van der Waals surface area contributed by atoms with E-state index in [1.165, 1.54) is 0 Å². The highest BCUT2D eigenvalue weighted by atomic mass is 79.9. The van der Waals surface area contributed by atoms with Crippen molar-refractivity contribution < 1.29 is 9.47 Å². The first-order valence-corrected chi connectivity index (χ1v) is 7.53. The van der Waals surface area contributed by atoms with E-state index < -0.39 is 0 Å². The molecule has 0 aliphatic carbocycles. The summed E-state index contributed by atoms with van der Waals surface area (Å²) in [6, 6.07) is 9.84. The zero-order chi connectivity index (χ0) is 15.2. The summed E-state index contributed by atoms with van der Waals surface area (Å²) in [6.07, 6.45) is 2.50. The summed E-state index contributed by atoms with van der Waals surface area (Å²) in [6.45, 7) is 2.45. The minimum absolute atomic E-state index is 0.112. The lowest BCUT2D eigenvalue weighted by Crippen LogP contribution is -2.18. The standard InChI is InChI=1S/C16H19BrN2O2/c1-11(18)7-13-4-5-14(9-19-13)21-10-12-3-6-16(20-2)15(17)8-12/h3-6,8-9,11H,7,10,18H2,1-2H3. The van der Waals surface area contributed by atoms with Gasteiger partial charge in [-0.05, 0) is 52.7 Å². The van der Waals surface area contributed by atoms with Crippen LogP contribution in [0.25, 0.3) is 0 Å². The van der Waals surface area contributed by atoms with Gasteiger partial charge in [-0.1, -0.05) is 6.07 Å². The number of hydrogen-bond acceptors (Lipinski definition) is 4. The van der Waals surface area contributed by atoms with Gasteiger partial charge in [-0.15, -0.1) is 0 Å². The second-order valence-corrected chi connectivity index (χ2v) is 5.78. The number of methoxy groups -OCH3 is 1. The van der Waals surface area contributed by atoms with Crippen molar-refractivity contribution in [1.29, 1.82) is 0 Å². The number of benzene rings is 1. The Morgan fingerprint density at radius 1 is 1.29 bits per heavy atom. The molecule has 5 heteroatoms. The van der Waals surface area contributed by atoms with E-state index in [1.54, 1.807) is 13.3 Å². The number of aromatic nitrogens is 1. The molecule has 4 nitrogen and oxygen atoms in total. The highest BCUT2D eigenvalue weighted by molar-refractivity contribution is 9.10. The van der Waals surface area contributed by atoms with E-state index in [1.807, 2.05) is 37.3 Å². The molecule has 2 N–H and O–H groups in total. The van der Waals surface area contributed by atoms with Crippen molar-refractivity contribution in [3.05, 3.63) is 52.3 Å². The van der Waals surface area contributed by atoms with Crippen molar-refractivity contribution in [3.63, 3.8) is 0 Å². The van der Waals surface area contributed by atoms with Crippen molar-refractivity contribution in [2.75, 3.05) is 7.11 Å². The summed E-state index contributed by atoms with van der Waals surface area (Å²) in [4.78, 5) is 4.34. The lowest BCUT2D eigenvalue weighted by molar-refractivity contribution is 0.304. The third-order valence-electron chi connectivity index (χ3n) is 2.95. The molecule has 1 unspecified atom stereocenters. The van der Waals surface area contributed by atoms with Crippen molar-refractivity contribution in [2.45, 2.75) is 26.0 Å². The predicted octanol–water partition coefficient (Wildman–Crippen LogP) is 3.32. The Morgan fingerprint density at radius 2 is 2.10 bits per heavy atom. The van der Waals surface area contributed by atoms with E-state index in [0.29, 0.717) is 6.61 Å². The zero-order valence-electron chi connectivity index (χ0n) is 12.2. The topological polar surface area (TPSA) is 57.4 Å². The van der Waals surface area contributed by atoms with Gasteiger partial charge in [-0.25, -0.2) is 0 Å². The molecule has 0 saturated heterocycles. The Hall–Kier alpha value is -1.59. The quantitative estimate of drug-likeness (QED) is 0.867.